The molecular weight excluding hydrogens is 343 g/mol. The van der Waals surface area contributed by atoms with Crippen molar-refractivity contribution in [3.63, 3.8) is 0 Å². The van der Waals surface area contributed by atoms with Gasteiger partial charge in [0.2, 0.25) is 0 Å². The molecule has 0 fully saturated rings. The first kappa shape index (κ1) is 13.3. The van der Waals surface area contributed by atoms with Crippen LogP contribution in [0.3, 0.4) is 0 Å². The normalized spacial score (nSPS) is 16.7. The van der Waals surface area contributed by atoms with Crippen LogP contribution in [0.1, 0.15) is 5.56 Å². The fourth-order valence-corrected chi connectivity index (χ4v) is 3.43. The number of hydrogen-bond donors (Lipinski definition) is 0. The zero-order valence-corrected chi connectivity index (χ0v) is 12.7. The number of allylic oxidation sites excluding steroid dienone is 1. The van der Waals surface area contributed by atoms with Crippen molar-refractivity contribution < 1.29 is 0 Å². The molecule has 0 spiro atoms. The zero-order valence-electron chi connectivity index (χ0n) is 8.69. The van der Waals surface area contributed by atoms with Gasteiger partial charge < -0.3 is 4.90 Å². The van der Waals surface area contributed by atoms with E-state index in [-0.39, 0.29) is 12.4 Å². The average Bonchev–Trinajstić information content (AvgIpc) is 2.68. The Labute approximate surface area is 124 Å². The van der Waals surface area contributed by atoms with Crippen LogP contribution in [-0.4, -0.2) is 15.9 Å². The molecule has 0 amide bonds. The summed E-state index contributed by atoms with van der Waals surface area (Å²) < 4.78 is 1.09. The molecular formula is C11H9BrCl2N2S. The van der Waals surface area contributed by atoms with Crippen LogP contribution in [0.15, 0.2) is 38.8 Å². The van der Waals surface area contributed by atoms with Crippen molar-refractivity contribution in [3.05, 3.63) is 39.3 Å². The second-order valence-corrected chi connectivity index (χ2v) is 5.63. The number of nitrogens with zero attached hydrogens (tertiary/aromatic N) is 2. The molecule has 0 N–H and O–H groups in total. The van der Waals surface area contributed by atoms with Crippen molar-refractivity contribution in [2.75, 3.05) is 5.88 Å². The molecule has 0 atom stereocenters. The lowest BCUT2D eigenvalue weighted by Gasteiger charge is -2.26. The minimum atomic E-state index is 0. The highest BCUT2D eigenvalue weighted by atomic mass is 79.9. The van der Waals surface area contributed by atoms with Gasteiger partial charge in [-0.25, -0.2) is 4.99 Å². The molecule has 2 aliphatic rings. The van der Waals surface area contributed by atoms with Crippen molar-refractivity contribution in [2.45, 2.75) is 6.54 Å². The van der Waals surface area contributed by atoms with Gasteiger partial charge in [0.05, 0.1) is 18.1 Å². The molecule has 0 unspecified atom stereocenters. The van der Waals surface area contributed by atoms with Gasteiger partial charge in [0, 0.05) is 10.2 Å². The lowest BCUT2D eigenvalue weighted by atomic mass is 10.1. The van der Waals surface area contributed by atoms with Crippen molar-refractivity contribution in [1.82, 2.24) is 4.90 Å². The predicted molar refractivity (Wildman–Crippen MR) is 80.4 cm³/mol. The van der Waals surface area contributed by atoms with Crippen LogP contribution in [0.4, 0.5) is 5.69 Å². The first-order valence-electron chi connectivity index (χ1n) is 4.84. The largest absolute Gasteiger partial charge is 0.318 e. The van der Waals surface area contributed by atoms with Crippen LogP contribution in [0.2, 0.25) is 0 Å². The van der Waals surface area contributed by atoms with Gasteiger partial charge in [0.25, 0.3) is 0 Å². The van der Waals surface area contributed by atoms with E-state index in [1.807, 2.05) is 12.1 Å². The summed E-state index contributed by atoms with van der Waals surface area (Å²) in [6.07, 6.45) is 0. The molecule has 1 aromatic rings. The highest BCUT2D eigenvalue weighted by Crippen LogP contribution is 2.37. The molecule has 6 heteroatoms. The Morgan fingerprint density at radius 3 is 3.06 bits per heavy atom. The van der Waals surface area contributed by atoms with Crippen molar-refractivity contribution >= 4 is 62.6 Å². The summed E-state index contributed by atoms with van der Waals surface area (Å²) in [4.78, 5) is 6.79. The quantitative estimate of drug-likeness (QED) is 0.692. The summed E-state index contributed by atoms with van der Waals surface area (Å²) in [5, 5.41) is 3.11. The first-order valence-corrected chi connectivity index (χ1v) is 7.05. The molecule has 17 heavy (non-hydrogen) atoms. The maximum Gasteiger partial charge on any atom is 0.173 e. The van der Waals surface area contributed by atoms with Crippen LogP contribution in [0, 0.1) is 0 Å². The Kier molecular flexibility index (Phi) is 4.08. The fourth-order valence-electron chi connectivity index (χ4n) is 1.79. The summed E-state index contributed by atoms with van der Waals surface area (Å²) in [5.74, 6) is 0.537. The summed E-state index contributed by atoms with van der Waals surface area (Å²) in [5.41, 5.74) is 3.43. The van der Waals surface area contributed by atoms with Gasteiger partial charge >= 0.3 is 0 Å². The van der Waals surface area contributed by atoms with Crippen LogP contribution < -0.4 is 0 Å². The van der Waals surface area contributed by atoms with E-state index >= 15 is 0 Å². The van der Waals surface area contributed by atoms with Gasteiger partial charge in [0.15, 0.2) is 5.17 Å². The first-order chi connectivity index (χ1) is 7.78. The number of hydrogen-bond acceptors (Lipinski definition) is 3. The summed E-state index contributed by atoms with van der Waals surface area (Å²) in [6.45, 7) is 0.860. The van der Waals surface area contributed by atoms with Crippen molar-refractivity contribution in [3.8, 4) is 0 Å². The molecule has 3 rings (SSSR count). The third-order valence-electron chi connectivity index (χ3n) is 2.60. The molecule has 2 aliphatic heterocycles. The van der Waals surface area contributed by atoms with Gasteiger partial charge in [0.1, 0.15) is 0 Å². The molecule has 90 valence electrons. The Morgan fingerprint density at radius 2 is 2.29 bits per heavy atom. The Hall–Kier alpha value is -0.160. The van der Waals surface area contributed by atoms with Crippen molar-refractivity contribution in [1.29, 1.82) is 0 Å². The van der Waals surface area contributed by atoms with E-state index in [4.69, 9.17) is 11.6 Å². The number of rotatable bonds is 1. The average molecular weight is 352 g/mol. The number of aliphatic imine (C=N–C) groups is 1. The van der Waals surface area contributed by atoms with Gasteiger partial charge in [-0.3, -0.25) is 0 Å². The molecule has 1 aromatic carbocycles. The van der Waals surface area contributed by atoms with Gasteiger partial charge in [-0.1, -0.05) is 27.7 Å². The highest BCUT2D eigenvalue weighted by molar-refractivity contribution is 9.10. The van der Waals surface area contributed by atoms with Crippen LogP contribution >= 0.6 is 51.7 Å². The molecule has 0 saturated heterocycles. The minimum absolute atomic E-state index is 0. The number of amidine groups is 1. The summed E-state index contributed by atoms with van der Waals surface area (Å²) in [6, 6.07) is 6.18. The molecule has 0 aliphatic carbocycles. The van der Waals surface area contributed by atoms with E-state index in [0.29, 0.717) is 5.88 Å². The van der Waals surface area contributed by atoms with E-state index in [0.717, 1.165) is 27.6 Å². The third kappa shape index (κ3) is 2.36. The third-order valence-corrected chi connectivity index (χ3v) is 4.28. The lowest BCUT2D eigenvalue weighted by Crippen LogP contribution is -2.26. The molecule has 2 nitrogen and oxygen atoms in total. The Morgan fingerprint density at radius 1 is 1.47 bits per heavy atom. The van der Waals surface area contributed by atoms with Crippen LogP contribution in [0.25, 0.3) is 0 Å². The second-order valence-electron chi connectivity index (χ2n) is 3.61. The second kappa shape index (κ2) is 5.22. The maximum absolute atomic E-state index is 5.90. The molecule has 2 heterocycles. The van der Waals surface area contributed by atoms with Gasteiger partial charge in [-0.15, -0.1) is 24.0 Å². The Bertz CT molecular complexity index is 516. The van der Waals surface area contributed by atoms with Crippen molar-refractivity contribution in [2.24, 2.45) is 4.99 Å². The predicted octanol–water partition coefficient (Wildman–Crippen LogP) is 4.50. The molecule has 0 radical (unpaired) electrons. The Balaban J connectivity index is 0.00000108. The number of thioether (sulfide) groups is 1. The monoisotopic (exact) mass is 350 g/mol. The number of halogens is 3. The number of alkyl halides is 1. The lowest BCUT2D eigenvalue weighted by molar-refractivity contribution is 0.518. The minimum Gasteiger partial charge on any atom is -0.318 e. The summed E-state index contributed by atoms with van der Waals surface area (Å²) in [7, 11) is 0. The van der Waals surface area contributed by atoms with E-state index in [9.17, 15) is 0 Å². The maximum atomic E-state index is 5.90. The van der Waals surface area contributed by atoms with E-state index < -0.39 is 0 Å². The van der Waals surface area contributed by atoms with Gasteiger partial charge in [-0.05, 0) is 29.2 Å². The molecule has 0 saturated carbocycles. The van der Waals surface area contributed by atoms with E-state index in [1.54, 1.807) is 11.8 Å². The fraction of sp³-hybridized carbons (Fsp3) is 0.182. The molecule has 0 bridgehead atoms. The van der Waals surface area contributed by atoms with E-state index in [1.165, 1.54) is 5.56 Å². The van der Waals surface area contributed by atoms with Crippen LogP contribution in [-0.2, 0) is 6.54 Å². The smallest absolute Gasteiger partial charge is 0.173 e. The van der Waals surface area contributed by atoms with Crippen LogP contribution in [0.5, 0.6) is 0 Å². The zero-order chi connectivity index (χ0) is 11.1. The number of fused-ring (bicyclic) bond motifs is 2. The SMILES string of the molecule is Cl.ClCC1=CSC2=Nc3ccc(Br)cc3CN12. The topological polar surface area (TPSA) is 15.6 Å². The standard InChI is InChI=1S/C11H8BrClN2S.ClH/c12-8-1-2-10-7(3-8)5-15-9(4-13)6-16-11(15)14-10;/h1-3,6H,4-5H2;1H. The summed E-state index contributed by atoms with van der Waals surface area (Å²) >= 11 is 11.0. The highest BCUT2D eigenvalue weighted by Gasteiger charge is 2.26. The molecule has 0 aromatic heterocycles. The van der Waals surface area contributed by atoms with E-state index in [2.05, 4.69) is 37.3 Å². The number of benzene rings is 1. The van der Waals surface area contributed by atoms with Gasteiger partial charge in [-0.2, -0.15) is 0 Å².